The van der Waals surface area contributed by atoms with Crippen molar-refractivity contribution in [1.82, 2.24) is 4.90 Å². The van der Waals surface area contributed by atoms with Crippen molar-refractivity contribution in [3.63, 3.8) is 0 Å². The number of nitrogens with zero attached hydrogens (tertiary/aromatic N) is 2. The topological polar surface area (TPSA) is 70.4 Å². The van der Waals surface area contributed by atoms with E-state index in [1.54, 1.807) is 30.3 Å². The van der Waals surface area contributed by atoms with Gasteiger partial charge >= 0.3 is 0 Å². The zero-order valence-electron chi connectivity index (χ0n) is 17.6. The third-order valence-electron chi connectivity index (χ3n) is 6.38. The zero-order chi connectivity index (χ0) is 22.0. The molecule has 0 aliphatic carbocycles. The molecular formula is C24H27ClN2O3S. The molecule has 3 atom stereocenters. The summed E-state index contributed by atoms with van der Waals surface area (Å²) < 4.78 is 29.2. The molecule has 2 aromatic rings. The summed E-state index contributed by atoms with van der Waals surface area (Å²) in [6.07, 6.45) is 6.83. The number of benzene rings is 2. The Bertz CT molecular complexity index is 1080. The maximum atomic E-state index is 11.6. The summed E-state index contributed by atoms with van der Waals surface area (Å²) in [4.78, 5) is 2.93. The first-order valence-electron chi connectivity index (χ1n) is 10.7. The Morgan fingerprint density at radius 3 is 2.68 bits per heavy atom. The maximum Gasteiger partial charge on any atom is 0.175 e. The van der Waals surface area contributed by atoms with E-state index in [9.17, 15) is 13.7 Å². The van der Waals surface area contributed by atoms with Gasteiger partial charge in [0.25, 0.3) is 0 Å². The Balaban J connectivity index is 1.37. The molecule has 164 valence electrons. The molecule has 0 aromatic heterocycles. The highest BCUT2D eigenvalue weighted by atomic mass is 35.5. The van der Waals surface area contributed by atoms with Crippen LogP contribution in [0.1, 0.15) is 36.8 Å². The van der Waals surface area contributed by atoms with Crippen molar-refractivity contribution in [2.75, 3.05) is 19.4 Å². The molecule has 2 saturated heterocycles. The van der Waals surface area contributed by atoms with Crippen molar-refractivity contribution in [2.24, 2.45) is 5.92 Å². The largest absolute Gasteiger partial charge is 0.493 e. The van der Waals surface area contributed by atoms with Crippen LogP contribution in [-0.2, 0) is 16.3 Å². The minimum atomic E-state index is -3.19. The number of ether oxygens (including phenoxy) is 1. The van der Waals surface area contributed by atoms with Crippen LogP contribution in [0.15, 0.2) is 47.4 Å². The van der Waals surface area contributed by atoms with Crippen molar-refractivity contribution in [3.05, 3.63) is 58.6 Å². The number of hydrogen-bond donors (Lipinski definition) is 0. The number of rotatable bonds is 6. The van der Waals surface area contributed by atoms with Crippen LogP contribution in [0.5, 0.6) is 5.75 Å². The number of fused-ring (bicyclic) bond motifs is 1. The van der Waals surface area contributed by atoms with E-state index in [1.807, 2.05) is 12.1 Å². The van der Waals surface area contributed by atoms with E-state index in [-0.39, 0.29) is 0 Å². The second-order valence-electron chi connectivity index (χ2n) is 8.76. The van der Waals surface area contributed by atoms with Gasteiger partial charge in [-0.05, 0) is 73.7 Å². The van der Waals surface area contributed by atoms with Crippen LogP contribution in [0.3, 0.4) is 0 Å². The third kappa shape index (κ3) is 5.41. The zero-order valence-corrected chi connectivity index (χ0v) is 19.2. The minimum Gasteiger partial charge on any atom is -0.493 e. The summed E-state index contributed by atoms with van der Waals surface area (Å²) in [5.74, 6) is 1.16. The Kier molecular flexibility index (Phi) is 6.57. The monoisotopic (exact) mass is 458 g/mol. The van der Waals surface area contributed by atoms with Gasteiger partial charge in [-0.15, -0.1) is 0 Å². The van der Waals surface area contributed by atoms with Crippen LogP contribution in [-0.4, -0.2) is 44.8 Å². The Labute approximate surface area is 189 Å². The highest BCUT2D eigenvalue weighted by Crippen LogP contribution is 2.36. The number of halogens is 1. The molecule has 0 amide bonds. The van der Waals surface area contributed by atoms with Gasteiger partial charge in [-0.3, -0.25) is 4.90 Å². The standard InChI is InChI=1S/C24H27ClN2O3S/c1-31(28,29)24-7-5-23(6-8-24)30-16-19-13-22-4-2-3-21(27(22)15-19)12-17-9-18(14-26)11-20(25)10-17/h5-11,19,21-22H,2-4,12-13,15-16H2,1H3/t19-,21+,22?/m1/s1. The SMILES string of the molecule is CS(=O)(=O)c1ccc(OC[C@@H]2CC3CCC[C@@H](Cc4cc(Cl)cc(C#N)c4)N3C2)cc1. The quantitative estimate of drug-likeness (QED) is 0.638. The molecule has 2 heterocycles. The predicted octanol–water partition coefficient (Wildman–Crippen LogP) is 4.48. The molecule has 0 spiro atoms. The van der Waals surface area contributed by atoms with Crippen molar-refractivity contribution in [2.45, 2.75) is 49.1 Å². The molecule has 0 bridgehead atoms. The van der Waals surface area contributed by atoms with E-state index < -0.39 is 9.84 Å². The van der Waals surface area contributed by atoms with Crippen molar-refractivity contribution >= 4 is 21.4 Å². The lowest BCUT2D eigenvalue weighted by molar-refractivity contribution is 0.119. The van der Waals surface area contributed by atoms with E-state index in [0.29, 0.717) is 45.8 Å². The van der Waals surface area contributed by atoms with Crippen molar-refractivity contribution in [1.29, 1.82) is 5.26 Å². The van der Waals surface area contributed by atoms with Crippen LogP contribution in [0.2, 0.25) is 5.02 Å². The first kappa shape index (κ1) is 22.1. The molecule has 1 unspecified atom stereocenters. The smallest absolute Gasteiger partial charge is 0.175 e. The number of hydrogen-bond acceptors (Lipinski definition) is 5. The summed E-state index contributed by atoms with van der Waals surface area (Å²) in [6, 6.07) is 15.5. The van der Waals surface area contributed by atoms with E-state index in [4.69, 9.17) is 16.3 Å². The van der Waals surface area contributed by atoms with Gasteiger partial charge in [-0.25, -0.2) is 8.42 Å². The summed E-state index contributed by atoms with van der Waals surface area (Å²) >= 11 is 6.20. The fraction of sp³-hybridized carbons (Fsp3) is 0.458. The average Bonchev–Trinajstić information content (AvgIpc) is 3.16. The van der Waals surface area contributed by atoms with Gasteiger partial charge < -0.3 is 4.74 Å². The second-order valence-corrected chi connectivity index (χ2v) is 11.2. The van der Waals surface area contributed by atoms with Gasteiger partial charge in [0.2, 0.25) is 0 Å². The van der Waals surface area contributed by atoms with Crippen LogP contribution >= 0.6 is 11.6 Å². The Morgan fingerprint density at radius 2 is 1.97 bits per heavy atom. The molecule has 0 radical (unpaired) electrons. The molecule has 7 heteroatoms. The summed E-state index contributed by atoms with van der Waals surface area (Å²) in [5.41, 5.74) is 1.74. The lowest BCUT2D eigenvalue weighted by Gasteiger charge is -2.38. The average molecular weight is 459 g/mol. The molecule has 2 aromatic carbocycles. The van der Waals surface area contributed by atoms with Gasteiger partial charge in [0, 0.05) is 35.8 Å². The highest BCUT2D eigenvalue weighted by molar-refractivity contribution is 7.90. The van der Waals surface area contributed by atoms with Gasteiger partial charge in [0.1, 0.15) is 5.75 Å². The second kappa shape index (κ2) is 9.20. The molecule has 2 aliphatic heterocycles. The van der Waals surface area contributed by atoms with Gasteiger partial charge in [-0.2, -0.15) is 5.26 Å². The highest BCUT2D eigenvalue weighted by Gasteiger charge is 2.38. The lowest BCUT2D eigenvalue weighted by Crippen LogP contribution is -2.44. The normalized spacial score (nSPS) is 23.8. The molecule has 0 saturated carbocycles. The lowest BCUT2D eigenvalue weighted by atomic mass is 9.91. The molecule has 31 heavy (non-hydrogen) atoms. The molecule has 2 fully saturated rings. The van der Waals surface area contributed by atoms with E-state index in [1.165, 1.54) is 19.1 Å². The first-order valence-corrected chi connectivity index (χ1v) is 13.0. The summed E-state index contributed by atoms with van der Waals surface area (Å²) in [7, 11) is -3.19. The van der Waals surface area contributed by atoms with Crippen molar-refractivity contribution in [3.8, 4) is 11.8 Å². The first-order chi connectivity index (χ1) is 14.8. The van der Waals surface area contributed by atoms with Crippen LogP contribution < -0.4 is 4.74 Å². The van der Waals surface area contributed by atoms with Crippen LogP contribution in [0, 0.1) is 17.2 Å². The fourth-order valence-corrected chi connectivity index (χ4v) is 5.86. The molecule has 2 aliphatic rings. The fourth-order valence-electron chi connectivity index (χ4n) is 4.97. The molecule has 4 rings (SSSR count). The van der Waals surface area contributed by atoms with Crippen molar-refractivity contribution < 1.29 is 13.2 Å². The number of nitriles is 1. The van der Waals surface area contributed by atoms with Crippen LogP contribution in [0.25, 0.3) is 0 Å². The molecular weight excluding hydrogens is 432 g/mol. The Morgan fingerprint density at radius 1 is 1.19 bits per heavy atom. The Hall–Kier alpha value is -2.07. The van der Waals surface area contributed by atoms with Crippen LogP contribution in [0.4, 0.5) is 0 Å². The molecule has 5 nitrogen and oxygen atoms in total. The maximum absolute atomic E-state index is 11.6. The minimum absolute atomic E-state index is 0.307. The number of sulfone groups is 1. The summed E-state index contributed by atoms with van der Waals surface area (Å²) in [5, 5.41) is 9.84. The van der Waals surface area contributed by atoms with E-state index in [2.05, 4.69) is 11.0 Å². The van der Waals surface area contributed by atoms with Gasteiger partial charge in [0.15, 0.2) is 9.84 Å². The molecule has 0 N–H and O–H groups in total. The third-order valence-corrected chi connectivity index (χ3v) is 7.73. The summed E-state index contributed by atoms with van der Waals surface area (Å²) in [6.45, 7) is 1.64. The predicted molar refractivity (Wildman–Crippen MR) is 121 cm³/mol. The van der Waals surface area contributed by atoms with E-state index >= 15 is 0 Å². The number of piperidine rings is 1. The van der Waals surface area contributed by atoms with Gasteiger partial charge in [0.05, 0.1) is 23.1 Å². The van der Waals surface area contributed by atoms with E-state index in [0.717, 1.165) is 31.4 Å². The van der Waals surface area contributed by atoms with Gasteiger partial charge in [-0.1, -0.05) is 18.0 Å².